The second kappa shape index (κ2) is 9.71. The maximum atomic E-state index is 10.7. The Morgan fingerprint density at radius 3 is 2.43 bits per heavy atom. The Bertz CT molecular complexity index is 976. The topological polar surface area (TPSA) is 56.5 Å². The first kappa shape index (κ1) is 24.0. The lowest BCUT2D eigenvalue weighted by molar-refractivity contribution is 0.0915. The number of aliphatic hydroxyl groups is 1. The number of hydrogen-bond acceptors (Lipinski definition) is 4. The third kappa shape index (κ3) is 5.27. The van der Waals surface area contributed by atoms with Crippen LogP contribution >= 0.6 is 12.4 Å². The summed E-state index contributed by atoms with van der Waals surface area (Å²) in [4.78, 5) is 4.75. The molecule has 0 spiro atoms. The molecule has 0 saturated carbocycles. The fourth-order valence-electron chi connectivity index (χ4n) is 3.52. The zero-order valence-corrected chi connectivity index (χ0v) is 19.5. The zero-order chi connectivity index (χ0) is 21.2. The summed E-state index contributed by atoms with van der Waals surface area (Å²) >= 11 is 0. The number of halogens is 1. The Hall–Kier alpha value is -2.24. The van der Waals surface area contributed by atoms with E-state index in [1.807, 2.05) is 42.5 Å². The van der Waals surface area contributed by atoms with E-state index >= 15 is 0 Å². The van der Waals surface area contributed by atoms with Crippen LogP contribution < -0.4 is 9.47 Å². The molecule has 1 unspecified atom stereocenters. The molecule has 0 aliphatic carbocycles. The molecule has 30 heavy (non-hydrogen) atoms. The van der Waals surface area contributed by atoms with Gasteiger partial charge in [0.15, 0.2) is 0 Å². The van der Waals surface area contributed by atoms with Crippen LogP contribution in [0.4, 0.5) is 0 Å². The van der Waals surface area contributed by atoms with E-state index in [0.717, 1.165) is 33.9 Å². The van der Waals surface area contributed by atoms with Crippen molar-refractivity contribution in [2.45, 2.75) is 58.6 Å². The van der Waals surface area contributed by atoms with Crippen LogP contribution in [0, 0.1) is 0 Å². The van der Waals surface area contributed by atoms with Gasteiger partial charge in [-0.1, -0.05) is 46.8 Å². The minimum atomic E-state index is -0.653. The lowest BCUT2D eigenvalue weighted by Gasteiger charge is -2.24. The first-order chi connectivity index (χ1) is 13.7. The molecule has 0 amide bonds. The molecule has 5 nitrogen and oxygen atoms in total. The van der Waals surface area contributed by atoms with Crippen molar-refractivity contribution in [3.63, 3.8) is 0 Å². The second-order valence-electron chi connectivity index (χ2n) is 8.80. The average molecular weight is 433 g/mol. The number of imidazole rings is 1. The van der Waals surface area contributed by atoms with Gasteiger partial charge in [-0.2, -0.15) is 0 Å². The Kier molecular flexibility index (Phi) is 7.78. The number of para-hydroxylation sites is 2. The number of rotatable bonds is 7. The van der Waals surface area contributed by atoms with Gasteiger partial charge >= 0.3 is 0 Å². The van der Waals surface area contributed by atoms with Gasteiger partial charge in [0.1, 0.15) is 30.0 Å². The van der Waals surface area contributed by atoms with Gasteiger partial charge in [-0.3, -0.25) is 0 Å². The average Bonchev–Trinajstić information content (AvgIpc) is 3.04. The lowest BCUT2D eigenvalue weighted by Crippen LogP contribution is -2.25. The van der Waals surface area contributed by atoms with Gasteiger partial charge in [-0.15, -0.1) is 12.4 Å². The van der Waals surface area contributed by atoms with E-state index in [4.69, 9.17) is 14.5 Å². The van der Waals surface area contributed by atoms with Crippen LogP contribution in [0.2, 0.25) is 0 Å². The number of aromatic nitrogens is 2. The summed E-state index contributed by atoms with van der Waals surface area (Å²) < 4.78 is 13.5. The number of ether oxygens (including phenoxy) is 2. The van der Waals surface area contributed by atoms with Gasteiger partial charge in [-0.25, -0.2) is 4.98 Å². The summed E-state index contributed by atoms with van der Waals surface area (Å²) in [5.41, 5.74) is 2.95. The van der Waals surface area contributed by atoms with Crippen molar-refractivity contribution in [1.82, 2.24) is 9.55 Å². The molecule has 1 heterocycles. The zero-order valence-electron chi connectivity index (χ0n) is 18.7. The highest BCUT2D eigenvalue weighted by atomic mass is 35.5. The van der Waals surface area contributed by atoms with Gasteiger partial charge in [0, 0.05) is 11.5 Å². The lowest BCUT2D eigenvalue weighted by atomic mass is 9.86. The molecule has 0 aliphatic heterocycles. The number of nitrogens with zero attached hydrogens (tertiary/aromatic N) is 2. The van der Waals surface area contributed by atoms with Gasteiger partial charge in [0.05, 0.1) is 24.7 Å². The minimum absolute atomic E-state index is 0. The summed E-state index contributed by atoms with van der Waals surface area (Å²) in [6.45, 7) is 11.3. The van der Waals surface area contributed by atoms with Gasteiger partial charge in [-0.05, 0) is 35.7 Å². The Balaban J connectivity index is 0.00000320. The molecule has 1 N–H and O–H groups in total. The predicted molar refractivity (Wildman–Crippen MR) is 124 cm³/mol. The van der Waals surface area contributed by atoms with Crippen LogP contribution in [0.15, 0.2) is 42.5 Å². The highest BCUT2D eigenvalue weighted by Gasteiger charge is 2.21. The van der Waals surface area contributed by atoms with Crippen LogP contribution in [0.1, 0.15) is 51.9 Å². The highest BCUT2D eigenvalue weighted by Crippen LogP contribution is 2.34. The number of fused-ring (bicyclic) bond motifs is 1. The predicted octanol–water partition coefficient (Wildman–Crippen LogP) is 5.33. The number of aliphatic hydroxyl groups excluding tert-OH is 1. The molecule has 1 aromatic heterocycles. The quantitative estimate of drug-likeness (QED) is 0.548. The van der Waals surface area contributed by atoms with Crippen molar-refractivity contribution < 1.29 is 14.6 Å². The SMILES string of the molecule is COc1ccc(OCC(O)Cn2c(C(C)C)nc3ccccc32)c(C(C)(C)C)c1.Cl. The number of benzene rings is 2. The Morgan fingerprint density at radius 2 is 1.80 bits per heavy atom. The highest BCUT2D eigenvalue weighted by molar-refractivity contribution is 5.85. The van der Waals surface area contributed by atoms with Crippen molar-refractivity contribution in [3.8, 4) is 11.5 Å². The van der Waals surface area contributed by atoms with Gasteiger partial charge in [0.2, 0.25) is 0 Å². The van der Waals surface area contributed by atoms with Crippen molar-refractivity contribution in [2.75, 3.05) is 13.7 Å². The molecule has 164 valence electrons. The van der Waals surface area contributed by atoms with Crippen LogP contribution in [0.5, 0.6) is 11.5 Å². The molecule has 2 aromatic carbocycles. The first-order valence-electron chi connectivity index (χ1n) is 10.1. The van der Waals surface area contributed by atoms with Crippen molar-refractivity contribution >= 4 is 23.4 Å². The fraction of sp³-hybridized carbons (Fsp3) is 0.458. The van der Waals surface area contributed by atoms with Gasteiger partial charge < -0.3 is 19.1 Å². The fourth-order valence-corrected chi connectivity index (χ4v) is 3.52. The third-order valence-electron chi connectivity index (χ3n) is 5.02. The minimum Gasteiger partial charge on any atom is -0.497 e. The van der Waals surface area contributed by atoms with E-state index < -0.39 is 6.10 Å². The van der Waals surface area contributed by atoms with Crippen molar-refractivity contribution in [3.05, 3.63) is 53.9 Å². The summed E-state index contributed by atoms with van der Waals surface area (Å²) in [5, 5.41) is 10.7. The monoisotopic (exact) mass is 432 g/mol. The molecule has 3 rings (SSSR count). The maximum absolute atomic E-state index is 10.7. The summed E-state index contributed by atoms with van der Waals surface area (Å²) in [6.07, 6.45) is -0.653. The molecular formula is C24H33ClN2O3. The van der Waals surface area contributed by atoms with Crippen molar-refractivity contribution in [1.29, 1.82) is 0 Å². The molecule has 6 heteroatoms. The number of methoxy groups -OCH3 is 1. The van der Waals surface area contributed by atoms with E-state index in [2.05, 4.69) is 39.2 Å². The molecule has 1 atom stereocenters. The molecule has 3 aromatic rings. The summed E-state index contributed by atoms with van der Waals surface area (Å²) in [5.74, 6) is 2.82. The van der Waals surface area contributed by atoms with Crippen LogP contribution in [0.25, 0.3) is 11.0 Å². The summed E-state index contributed by atoms with van der Waals surface area (Å²) in [7, 11) is 1.66. The van der Waals surface area contributed by atoms with Gasteiger partial charge in [0.25, 0.3) is 0 Å². The van der Waals surface area contributed by atoms with E-state index in [9.17, 15) is 5.11 Å². The van der Waals surface area contributed by atoms with E-state index in [0.29, 0.717) is 6.54 Å². The number of hydrogen-bond donors (Lipinski definition) is 1. The maximum Gasteiger partial charge on any atom is 0.123 e. The standard InChI is InChI=1S/C24H32N2O3.ClH/c1-16(2)23-25-20-9-7-8-10-21(20)26(23)14-17(27)15-29-22-12-11-18(28-6)13-19(22)24(3,4)5;/h7-13,16-17,27H,14-15H2,1-6H3;1H. The van der Waals surface area contributed by atoms with E-state index in [1.54, 1.807) is 7.11 Å². The first-order valence-corrected chi connectivity index (χ1v) is 10.1. The molecule has 0 fully saturated rings. The molecule has 0 radical (unpaired) electrons. The molecule has 0 saturated heterocycles. The summed E-state index contributed by atoms with van der Waals surface area (Å²) in [6, 6.07) is 13.8. The molecule has 0 bridgehead atoms. The van der Waals surface area contributed by atoms with Crippen LogP contribution in [-0.2, 0) is 12.0 Å². The largest absolute Gasteiger partial charge is 0.497 e. The van der Waals surface area contributed by atoms with E-state index in [-0.39, 0.29) is 30.3 Å². The van der Waals surface area contributed by atoms with Crippen molar-refractivity contribution in [2.24, 2.45) is 0 Å². The smallest absolute Gasteiger partial charge is 0.123 e. The second-order valence-corrected chi connectivity index (χ2v) is 8.80. The van der Waals surface area contributed by atoms with E-state index in [1.165, 1.54) is 0 Å². The normalized spacial score (nSPS) is 12.7. The molecular weight excluding hydrogens is 400 g/mol. The Morgan fingerprint density at radius 1 is 1.10 bits per heavy atom. The molecule has 0 aliphatic rings. The Labute approximate surface area is 185 Å². The van der Waals surface area contributed by atoms with Crippen LogP contribution in [-0.4, -0.2) is 34.5 Å². The third-order valence-corrected chi connectivity index (χ3v) is 5.02. The van der Waals surface area contributed by atoms with Crippen LogP contribution in [0.3, 0.4) is 0 Å².